The number of benzene rings is 1. The number of rotatable bonds is 4. The van der Waals surface area contributed by atoms with E-state index in [1.807, 2.05) is 30.3 Å². The lowest BCUT2D eigenvalue weighted by atomic mass is 10.2. The van der Waals surface area contributed by atoms with E-state index < -0.39 is 0 Å². The number of nitrogen functional groups attached to an aromatic ring is 1. The van der Waals surface area contributed by atoms with Gasteiger partial charge in [0.2, 0.25) is 0 Å². The van der Waals surface area contributed by atoms with Gasteiger partial charge in [-0.05, 0) is 36.8 Å². The second-order valence-electron chi connectivity index (χ2n) is 3.65. The number of nitrogens with one attached hydrogen (secondary N) is 1. The lowest BCUT2D eigenvalue weighted by Gasteiger charge is -2.05. The molecule has 84 valence electrons. The van der Waals surface area contributed by atoms with E-state index in [1.54, 1.807) is 0 Å². The second-order valence-corrected chi connectivity index (χ2v) is 3.65. The minimum absolute atomic E-state index is 0.192. The van der Waals surface area contributed by atoms with Crippen molar-refractivity contribution in [2.45, 2.75) is 6.42 Å². The van der Waals surface area contributed by atoms with Crippen LogP contribution in [0.3, 0.4) is 0 Å². The van der Waals surface area contributed by atoms with Crippen LogP contribution < -0.4 is 11.1 Å². The van der Waals surface area contributed by atoms with E-state index in [1.165, 1.54) is 0 Å². The fourth-order valence-electron chi connectivity index (χ4n) is 1.54. The van der Waals surface area contributed by atoms with Gasteiger partial charge in [0.05, 0.1) is 5.52 Å². The normalized spacial score (nSPS) is 10.6. The van der Waals surface area contributed by atoms with Gasteiger partial charge >= 0.3 is 0 Å². The lowest BCUT2D eigenvalue weighted by Crippen LogP contribution is -2.04. The molecule has 4 nitrogen and oxygen atoms in total. The Morgan fingerprint density at radius 2 is 2.12 bits per heavy atom. The van der Waals surface area contributed by atoms with E-state index in [-0.39, 0.29) is 6.61 Å². The number of nitrogens with two attached hydrogens (primary N) is 1. The molecule has 0 spiro atoms. The molecule has 4 N–H and O–H groups in total. The van der Waals surface area contributed by atoms with Gasteiger partial charge in [0.15, 0.2) is 0 Å². The third-order valence-corrected chi connectivity index (χ3v) is 2.35. The zero-order valence-corrected chi connectivity index (χ0v) is 8.98. The number of pyridine rings is 1. The summed E-state index contributed by atoms with van der Waals surface area (Å²) >= 11 is 0. The van der Waals surface area contributed by atoms with Crippen LogP contribution in [0.15, 0.2) is 30.3 Å². The van der Waals surface area contributed by atoms with E-state index in [2.05, 4.69) is 10.3 Å². The highest BCUT2D eigenvalue weighted by atomic mass is 16.3. The Morgan fingerprint density at radius 1 is 1.25 bits per heavy atom. The molecule has 16 heavy (non-hydrogen) atoms. The van der Waals surface area contributed by atoms with Crippen LogP contribution in [0.5, 0.6) is 0 Å². The van der Waals surface area contributed by atoms with Crippen molar-refractivity contribution in [3.63, 3.8) is 0 Å². The van der Waals surface area contributed by atoms with Crippen LogP contribution in [0.4, 0.5) is 11.5 Å². The van der Waals surface area contributed by atoms with Crippen molar-refractivity contribution in [1.82, 2.24) is 4.98 Å². The molecule has 1 aromatic heterocycles. The van der Waals surface area contributed by atoms with Gasteiger partial charge < -0.3 is 16.2 Å². The maximum absolute atomic E-state index is 8.67. The van der Waals surface area contributed by atoms with Crippen molar-refractivity contribution in [1.29, 1.82) is 0 Å². The first-order valence-electron chi connectivity index (χ1n) is 5.30. The summed E-state index contributed by atoms with van der Waals surface area (Å²) in [6, 6.07) is 9.55. The van der Waals surface area contributed by atoms with Crippen LogP contribution in [0.1, 0.15) is 6.42 Å². The molecule has 0 fully saturated rings. The van der Waals surface area contributed by atoms with Crippen LogP contribution in [0.25, 0.3) is 10.9 Å². The van der Waals surface area contributed by atoms with Crippen molar-refractivity contribution in [3.05, 3.63) is 30.3 Å². The minimum Gasteiger partial charge on any atom is -0.399 e. The smallest absolute Gasteiger partial charge is 0.126 e. The molecule has 2 rings (SSSR count). The topological polar surface area (TPSA) is 71.2 Å². The summed E-state index contributed by atoms with van der Waals surface area (Å²) in [5.41, 5.74) is 7.35. The number of hydrogen-bond acceptors (Lipinski definition) is 4. The Labute approximate surface area is 94.1 Å². The summed E-state index contributed by atoms with van der Waals surface area (Å²) in [4.78, 5) is 4.44. The largest absolute Gasteiger partial charge is 0.399 e. The average Bonchev–Trinajstić information content (AvgIpc) is 2.29. The highest BCUT2D eigenvalue weighted by Gasteiger charge is 1.98. The Balaban J connectivity index is 2.20. The summed E-state index contributed by atoms with van der Waals surface area (Å²) in [5.74, 6) is 0.825. The van der Waals surface area contributed by atoms with E-state index in [0.29, 0.717) is 0 Å². The number of aliphatic hydroxyl groups excluding tert-OH is 1. The van der Waals surface area contributed by atoms with Crippen molar-refractivity contribution in [2.24, 2.45) is 0 Å². The van der Waals surface area contributed by atoms with Crippen LogP contribution >= 0.6 is 0 Å². The van der Waals surface area contributed by atoms with Crippen molar-refractivity contribution in [2.75, 3.05) is 24.2 Å². The summed E-state index contributed by atoms with van der Waals surface area (Å²) < 4.78 is 0. The van der Waals surface area contributed by atoms with Gasteiger partial charge in [-0.2, -0.15) is 0 Å². The fraction of sp³-hybridized carbons (Fsp3) is 0.250. The highest BCUT2D eigenvalue weighted by Crippen LogP contribution is 2.17. The third-order valence-electron chi connectivity index (χ3n) is 2.35. The zero-order valence-electron chi connectivity index (χ0n) is 8.98. The number of aliphatic hydroxyl groups is 1. The quantitative estimate of drug-likeness (QED) is 0.537. The van der Waals surface area contributed by atoms with Gasteiger partial charge in [-0.1, -0.05) is 0 Å². The molecule has 0 aliphatic carbocycles. The molecule has 0 bridgehead atoms. The number of aromatic nitrogens is 1. The predicted octanol–water partition coefficient (Wildman–Crippen LogP) is 1.61. The lowest BCUT2D eigenvalue weighted by molar-refractivity contribution is 0.292. The van der Waals surface area contributed by atoms with Gasteiger partial charge in [0.25, 0.3) is 0 Å². The number of anilines is 2. The molecule has 0 unspecified atom stereocenters. The van der Waals surface area contributed by atoms with Gasteiger partial charge in [-0.25, -0.2) is 4.98 Å². The maximum Gasteiger partial charge on any atom is 0.126 e. The monoisotopic (exact) mass is 217 g/mol. The van der Waals surface area contributed by atoms with Crippen LogP contribution in [-0.2, 0) is 0 Å². The molecule has 0 saturated heterocycles. The molecule has 0 saturated carbocycles. The van der Waals surface area contributed by atoms with E-state index in [9.17, 15) is 0 Å². The minimum atomic E-state index is 0.192. The summed E-state index contributed by atoms with van der Waals surface area (Å²) in [5, 5.41) is 12.9. The Hall–Kier alpha value is -1.81. The van der Waals surface area contributed by atoms with E-state index in [0.717, 1.165) is 35.4 Å². The van der Waals surface area contributed by atoms with Crippen LogP contribution in [0.2, 0.25) is 0 Å². The Kier molecular flexibility index (Phi) is 3.22. The first kappa shape index (κ1) is 10.7. The highest BCUT2D eigenvalue weighted by molar-refractivity contribution is 5.83. The molecular formula is C12H15N3O. The molecule has 0 aliphatic rings. The second kappa shape index (κ2) is 4.81. The average molecular weight is 217 g/mol. The number of hydrogen-bond donors (Lipinski definition) is 3. The fourth-order valence-corrected chi connectivity index (χ4v) is 1.54. The van der Waals surface area contributed by atoms with Gasteiger partial charge in [0.1, 0.15) is 5.82 Å². The molecular weight excluding hydrogens is 202 g/mol. The van der Waals surface area contributed by atoms with Gasteiger partial charge in [-0.3, -0.25) is 0 Å². The molecule has 1 aromatic carbocycles. The summed E-state index contributed by atoms with van der Waals surface area (Å²) in [6.07, 6.45) is 0.724. The Morgan fingerprint density at radius 3 is 2.94 bits per heavy atom. The molecule has 0 atom stereocenters. The standard InChI is InChI=1S/C12H15N3O/c13-10-3-4-11-9(8-10)2-5-12(15-11)14-6-1-7-16/h2-5,8,16H,1,6-7,13H2,(H,14,15). The summed E-state index contributed by atoms with van der Waals surface area (Å²) in [7, 11) is 0. The van der Waals surface area contributed by atoms with Crippen LogP contribution in [0, 0.1) is 0 Å². The van der Waals surface area contributed by atoms with Gasteiger partial charge in [0, 0.05) is 24.2 Å². The predicted molar refractivity (Wildman–Crippen MR) is 66.3 cm³/mol. The van der Waals surface area contributed by atoms with Crippen molar-refractivity contribution in [3.8, 4) is 0 Å². The molecule has 4 heteroatoms. The van der Waals surface area contributed by atoms with Crippen molar-refractivity contribution >= 4 is 22.4 Å². The molecule has 0 amide bonds. The first-order chi connectivity index (χ1) is 7.79. The molecule has 2 aromatic rings. The zero-order chi connectivity index (χ0) is 11.4. The van der Waals surface area contributed by atoms with Crippen LogP contribution in [-0.4, -0.2) is 23.2 Å². The van der Waals surface area contributed by atoms with E-state index >= 15 is 0 Å². The molecule has 0 aliphatic heterocycles. The third kappa shape index (κ3) is 2.41. The number of fused-ring (bicyclic) bond motifs is 1. The van der Waals surface area contributed by atoms with E-state index in [4.69, 9.17) is 10.8 Å². The SMILES string of the molecule is Nc1ccc2nc(NCCCO)ccc2c1. The first-order valence-corrected chi connectivity index (χ1v) is 5.30. The Bertz CT molecular complexity index is 485. The molecule has 0 radical (unpaired) electrons. The maximum atomic E-state index is 8.67. The van der Waals surface area contributed by atoms with Gasteiger partial charge in [-0.15, -0.1) is 0 Å². The van der Waals surface area contributed by atoms with Crippen molar-refractivity contribution < 1.29 is 5.11 Å². The summed E-state index contributed by atoms with van der Waals surface area (Å²) in [6.45, 7) is 0.918. The number of nitrogens with zero attached hydrogens (tertiary/aromatic N) is 1. The molecule has 1 heterocycles.